The van der Waals surface area contributed by atoms with Gasteiger partial charge in [0, 0.05) is 15.0 Å². The van der Waals surface area contributed by atoms with Gasteiger partial charge >= 0.3 is 0 Å². The zero-order valence-electron chi connectivity index (χ0n) is 8.70. The topological polar surface area (TPSA) is 12.4 Å². The third kappa shape index (κ3) is 10.9. The van der Waals surface area contributed by atoms with E-state index in [1.54, 1.807) is 0 Å². The second kappa shape index (κ2) is 13.8. The molecule has 1 nitrogen and oxygen atoms in total. The van der Waals surface area contributed by atoms with Gasteiger partial charge in [0.25, 0.3) is 0 Å². The summed E-state index contributed by atoms with van der Waals surface area (Å²) >= 11 is 0. The minimum absolute atomic E-state index is 0.00380. The molecule has 0 amide bonds. The number of hydrogen-bond donors (Lipinski definition) is 0. The zero-order valence-corrected chi connectivity index (χ0v) is 25.2. The van der Waals surface area contributed by atoms with Gasteiger partial charge in [-0.2, -0.15) is 0 Å². The van der Waals surface area contributed by atoms with Gasteiger partial charge in [-0.1, -0.05) is 16.9 Å². The van der Waals surface area contributed by atoms with Crippen LogP contribution in [-0.2, 0) is 0 Å². The van der Waals surface area contributed by atoms with Crippen molar-refractivity contribution in [1.29, 1.82) is 0 Å². The van der Waals surface area contributed by atoms with Gasteiger partial charge in [0.05, 0.1) is 7.45 Å². The standard InChI is InChI=1S/H17NP16/c2-11-16(9)12(13(3)4)1-10-17(14(5)6)15(7)8/h11H,2-9H2. The number of rotatable bonds is 7. The Labute approximate surface area is 133 Å². The minimum atomic E-state index is -0.140. The van der Waals surface area contributed by atoms with Gasteiger partial charge in [0.15, 0.2) is 0 Å². The van der Waals surface area contributed by atoms with Crippen molar-refractivity contribution in [3.8, 4) is 0 Å². The molecule has 0 N–H and O–H groups in total. The molecule has 0 aromatic heterocycles. The molecule has 0 aromatic rings. The Morgan fingerprint density at radius 2 is 1.29 bits per heavy atom. The van der Waals surface area contributed by atoms with E-state index in [1.165, 1.54) is 8.06 Å². The molecule has 11 unspecified atom stereocenters. The summed E-state index contributed by atoms with van der Waals surface area (Å²) in [5.41, 5.74) is 0. The van der Waals surface area contributed by atoms with Crippen LogP contribution in [0.1, 0.15) is 0 Å². The fraction of sp³-hybridized carbons (Fsp3) is 0. The van der Waals surface area contributed by atoms with Crippen molar-refractivity contribution >= 4 is 130 Å². The Balaban J connectivity index is 4.72. The predicted octanol–water partition coefficient (Wildman–Crippen LogP) is 9.41. The summed E-state index contributed by atoms with van der Waals surface area (Å²) in [5.74, 6) is 0. The Morgan fingerprint density at radius 3 is 1.59 bits per heavy atom. The van der Waals surface area contributed by atoms with Crippen LogP contribution in [0, 0.1) is 0 Å². The highest BCUT2D eigenvalue weighted by Gasteiger charge is 2.21. The average Bonchev–Trinajstić information content (AvgIpc) is 2.21. The molecule has 0 heterocycles. The van der Waals surface area contributed by atoms with Crippen LogP contribution < -0.4 is 0 Å². The summed E-state index contributed by atoms with van der Waals surface area (Å²) in [6.45, 7) is 0.0126. The van der Waals surface area contributed by atoms with E-state index >= 15 is 0 Å². The van der Waals surface area contributed by atoms with E-state index < -0.39 is 0 Å². The molecule has 0 rings (SSSR count). The largest absolute Gasteiger partial charge is 0.230 e. The van der Waals surface area contributed by atoms with E-state index in [0.717, 1.165) is 7.96 Å². The lowest BCUT2D eigenvalue weighted by molar-refractivity contribution is 2.09. The fourth-order valence-corrected chi connectivity index (χ4v) is 84.9. The summed E-state index contributed by atoms with van der Waals surface area (Å²) in [7, 11) is 26.0. The van der Waals surface area contributed by atoms with E-state index in [4.69, 9.17) is 4.52 Å². The SMILES string of the molecule is PPP(P)P(N=PP(P(P)P)P(P)P)P(P)P. The third-order valence-corrected chi connectivity index (χ3v) is 71.1. The first kappa shape index (κ1) is 23.5. The Hall–Kier alpha value is 6.55. The quantitative estimate of drug-likeness (QED) is 0.293. The molecule has 0 bridgehead atoms. The van der Waals surface area contributed by atoms with Crippen molar-refractivity contribution in [2.45, 2.75) is 0 Å². The molecule has 11 atom stereocenters. The average molecular weight is 527 g/mol. The molecular formula is H17NP16. The van der Waals surface area contributed by atoms with Crippen molar-refractivity contribution in [3.05, 3.63) is 0 Å². The smallest absolute Gasteiger partial charge is 0.0851 e. The van der Waals surface area contributed by atoms with Crippen LogP contribution in [0.25, 0.3) is 0 Å². The first-order valence-corrected chi connectivity index (χ1v) is 31.1. The van der Waals surface area contributed by atoms with Crippen LogP contribution in [-0.4, -0.2) is 0 Å². The lowest BCUT2D eigenvalue weighted by Gasteiger charge is -2.24. The van der Waals surface area contributed by atoms with Gasteiger partial charge in [-0.15, -0.1) is 62.5 Å². The first-order valence-electron chi connectivity index (χ1n) is 3.72. The highest BCUT2D eigenvalue weighted by molar-refractivity contribution is 9.07. The predicted molar refractivity (Wildman–Crippen MR) is 137 cm³/mol. The molecular weight excluding hydrogens is 510 g/mol. The maximum Gasteiger partial charge on any atom is 0.0851 e. The van der Waals surface area contributed by atoms with Crippen molar-refractivity contribution in [1.82, 2.24) is 0 Å². The van der Waals surface area contributed by atoms with Gasteiger partial charge in [0.1, 0.15) is 0 Å². The molecule has 17 heavy (non-hydrogen) atoms. The highest BCUT2D eigenvalue weighted by atomic mass is 33.1. The molecule has 0 radical (unpaired) electrons. The van der Waals surface area contributed by atoms with Gasteiger partial charge < -0.3 is 0 Å². The summed E-state index contributed by atoms with van der Waals surface area (Å²) < 4.78 is 5.07. The minimum Gasteiger partial charge on any atom is -0.230 e. The van der Waals surface area contributed by atoms with Crippen molar-refractivity contribution in [2.75, 3.05) is 0 Å². The molecule has 0 aliphatic carbocycles. The molecule has 0 aromatic carbocycles. The lowest BCUT2D eigenvalue weighted by atomic mass is 13.9. The molecule has 17 heteroatoms. The maximum atomic E-state index is 5.07. The Kier molecular flexibility index (Phi) is 19.1. The molecule has 102 valence electrons. The summed E-state index contributed by atoms with van der Waals surface area (Å²) in [5, 5.41) is 0. The summed E-state index contributed by atoms with van der Waals surface area (Å²) in [6, 6.07) is 0. The van der Waals surface area contributed by atoms with Crippen LogP contribution in [0.2, 0.25) is 0 Å². The summed E-state index contributed by atoms with van der Waals surface area (Å²) in [4.78, 5) is 0. The van der Waals surface area contributed by atoms with Crippen molar-refractivity contribution in [3.63, 3.8) is 0 Å². The van der Waals surface area contributed by atoms with Crippen LogP contribution in [0.15, 0.2) is 4.52 Å². The van der Waals surface area contributed by atoms with E-state index in [-0.39, 0.29) is 42.4 Å². The van der Waals surface area contributed by atoms with Gasteiger partial charge in [-0.25, -0.2) is 4.52 Å². The van der Waals surface area contributed by atoms with E-state index in [2.05, 4.69) is 71.4 Å². The molecule has 0 aliphatic heterocycles. The Bertz CT molecular complexity index is 208. The molecule has 0 fully saturated rings. The third-order valence-electron chi connectivity index (χ3n) is 1.14. The monoisotopic (exact) mass is 527 g/mol. The number of hydrogen-bond acceptors (Lipinski definition) is 1. The van der Waals surface area contributed by atoms with Crippen molar-refractivity contribution in [2.24, 2.45) is 4.52 Å². The van der Waals surface area contributed by atoms with Crippen LogP contribution in [0.4, 0.5) is 0 Å². The van der Waals surface area contributed by atoms with E-state index in [1.807, 2.05) is 0 Å². The first-order chi connectivity index (χ1) is 7.81. The van der Waals surface area contributed by atoms with Crippen molar-refractivity contribution < 1.29 is 0 Å². The highest BCUT2D eigenvalue weighted by Crippen LogP contribution is 3.06. The lowest BCUT2D eigenvalue weighted by Crippen LogP contribution is -1.43. The van der Waals surface area contributed by atoms with Crippen LogP contribution in [0.5, 0.6) is 0 Å². The van der Waals surface area contributed by atoms with Crippen LogP contribution >= 0.6 is 130 Å². The maximum absolute atomic E-state index is 5.07. The molecule has 0 spiro atoms. The van der Waals surface area contributed by atoms with Gasteiger partial charge in [-0.3, -0.25) is 0 Å². The second-order valence-electron chi connectivity index (χ2n) is 2.33. The second-order valence-corrected chi connectivity index (χ2v) is 56.4. The Morgan fingerprint density at radius 1 is 0.824 bits per heavy atom. The molecule has 0 aliphatic rings. The van der Waals surface area contributed by atoms with Crippen LogP contribution in [0.3, 0.4) is 0 Å². The fourth-order valence-electron chi connectivity index (χ4n) is 0.535. The van der Waals surface area contributed by atoms with Gasteiger partial charge in [0.2, 0.25) is 0 Å². The molecule has 0 saturated heterocycles. The number of nitrogens with zero attached hydrogens (tertiary/aromatic N) is 1. The molecule has 0 saturated carbocycles. The zero-order chi connectivity index (χ0) is 13.6. The normalized spacial score (nSPS) is 17.4. The van der Waals surface area contributed by atoms with E-state index in [0.29, 0.717) is 0 Å². The summed E-state index contributed by atoms with van der Waals surface area (Å²) in [6.07, 6.45) is 0. The van der Waals surface area contributed by atoms with E-state index in [9.17, 15) is 0 Å². The van der Waals surface area contributed by atoms with Gasteiger partial charge in [-0.05, 0) is 27.9 Å².